The molecule has 1 aromatic carbocycles. The molecule has 0 saturated heterocycles. The second-order valence-electron chi connectivity index (χ2n) is 7.37. The zero-order valence-electron chi connectivity index (χ0n) is 16.1. The molecule has 0 bridgehead atoms. The number of aryl methyl sites for hydroxylation is 1. The van der Waals surface area contributed by atoms with E-state index in [1.165, 1.54) is 12.5 Å². The summed E-state index contributed by atoms with van der Waals surface area (Å²) in [7, 11) is -0.143. The molecule has 1 aliphatic carbocycles. The standard InChI is InChI=1S/C20H29NO4S/c1-16-10-12-18(13-11-16)26(23,24)15-14-20(2,21(3)4)19(22)25-17-8-6-5-7-9-17/h10-15,17H,5-9H2,1-4H3/b15-14+. The van der Waals surface area contributed by atoms with Crippen LogP contribution in [0.15, 0.2) is 40.6 Å². The van der Waals surface area contributed by atoms with E-state index in [1.807, 2.05) is 6.92 Å². The number of carbonyl (C=O) groups excluding carboxylic acids is 1. The van der Waals surface area contributed by atoms with Crippen LogP contribution in [0.25, 0.3) is 0 Å². The normalized spacial score (nSPS) is 18.8. The zero-order valence-corrected chi connectivity index (χ0v) is 16.9. The minimum Gasteiger partial charge on any atom is -0.461 e. The molecule has 144 valence electrons. The van der Waals surface area contributed by atoms with Gasteiger partial charge in [0, 0.05) is 5.41 Å². The van der Waals surface area contributed by atoms with Crippen LogP contribution in [0.1, 0.15) is 44.6 Å². The van der Waals surface area contributed by atoms with Crippen LogP contribution in [0, 0.1) is 6.92 Å². The molecule has 26 heavy (non-hydrogen) atoms. The van der Waals surface area contributed by atoms with Gasteiger partial charge in [-0.1, -0.05) is 24.1 Å². The minimum absolute atomic E-state index is 0.0716. The van der Waals surface area contributed by atoms with Crippen molar-refractivity contribution in [1.29, 1.82) is 0 Å². The number of rotatable bonds is 6. The van der Waals surface area contributed by atoms with Gasteiger partial charge in [0.2, 0.25) is 0 Å². The Morgan fingerprint density at radius 2 is 1.73 bits per heavy atom. The van der Waals surface area contributed by atoms with E-state index in [4.69, 9.17) is 4.74 Å². The molecular weight excluding hydrogens is 350 g/mol. The van der Waals surface area contributed by atoms with Gasteiger partial charge in [0.25, 0.3) is 0 Å². The van der Waals surface area contributed by atoms with Crippen molar-refractivity contribution in [1.82, 2.24) is 4.90 Å². The summed E-state index contributed by atoms with van der Waals surface area (Å²) >= 11 is 0. The molecule has 0 spiro atoms. The molecular formula is C20H29NO4S. The Bertz CT molecular complexity index is 747. The quantitative estimate of drug-likeness (QED) is 0.708. The lowest BCUT2D eigenvalue weighted by molar-refractivity contribution is -0.159. The highest BCUT2D eigenvalue weighted by Crippen LogP contribution is 2.25. The number of likely N-dealkylation sites (N-methyl/N-ethyl adjacent to an activating group) is 1. The first-order valence-electron chi connectivity index (χ1n) is 9.05. The summed E-state index contributed by atoms with van der Waals surface area (Å²) in [5, 5.41) is 1.11. The third kappa shape index (κ3) is 4.95. The van der Waals surface area contributed by atoms with Crippen molar-refractivity contribution < 1.29 is 17.9 Å². The van der Waals surface area contributed by atoms with Crippen molar-refractivity contribution in [2.24, 2.45) is 0 Å². The van der Waals surface area contributed by atoms with Gasteiger partial charge < -0.3 is 4.74 Å². The van der Waals surface area contributed by atoms with E-state index in [0.29, 0.717) is 0 Å². The van der Waals surface area contributed by atoms with Crippen LogP contribution in [0.5, 0.6) is 0 Å². The fourth-order valence-corrected chi connectivity index (χ4v) is 4.00. The molecule has 1 aliphatic rings. The summed E-state index contributed by atoms with van der Waals surface area (Å²) in [6, 6.07) is 6.65. The van der Waals surface area contributed by atoms with Crippen molar-refractivity contribution in [3.05, 3.63) is 41.3 Å². The molecule has 0 heterocycles. The first kappa shape index (κ1) is 20.6. The fraction of sp³-hybridized carbons (Fsp3) is 0.550. The van der Waals surface area contributed by atoms with Crippen LogP contribution in [-0.4, -0.2) is 45.0 Å². The Kier molecular flexibility index (Phi) is 6.64. The van der Waals surface area contributed by atoms with Crippen molar-refractivity contribution >= 4 is 15.8 Å². The van der Waals surface area contributed by atoms with Crippen LogP contribution in [0.3, 0.4) is 0 Å². The third-order valence-corrected chi connectivity index (χ3v) is 6.51. The van der Waals surface area contributed by atoms with Crippen LogP contribution < -0.4 is 0 Å². The van der Waals surface area contributed by atoms with E-state index in [0.717, 1.165) is 36.7 Å². The van der Waals surface area contributed by atoms with Crippen LogP contribution in [0.4, 0.5) is 0 Å². The van der Waals surface area contributed by atoms with Crippen molar-refractivity contribution in [2.75, 3.05) is 14.1 Å². The Morgan fingerprint density at radius 1 is 1.15 bits per heavy atom. The number of esters is 1. The molecule has 0 aliphatic heterocycles. The number of nitrogens with zero attached hydrogens (tertiary/aromatic N) is 1. The average molecular weight is 380 g/mol. The number of hydrogen-bond donors (Lipinski definition) is 0. The monoisotopic (exact) mass is 379 g/mol. The Hall–Kier alpha value is -1.66. The summed E-state index contributed by atoms with van der Waals surface area (Å²) in [5.41, 5.74) is -0.156. The number of benzene rings is 1. The van der Waals surface area contributed by atoms with Gasteiger partial charge in [-0.05, 0) is 71.8 Å². The summed E-state index contributed by atoms with van der Waals surface area (Å²) in [5.74, 6) is -0.412. The van der Waals surface area contributed by atoms with Gasteiger partial charge in [0.15, 0.2) is 9.84 Å². The van der Waals surface area contributed by atoms with Gasteiger partial charge in [-0.2, -0.15) is 0 Å². The summed E-state index contributed by atoms with van der Waals surface area (Å²) in [6.45, 7) is 3.58. The predicted molar refractivity (Wildman–Crippen MR) is 103 cm³/mol. The highest BCUT2D eigenvalue weighted by Gasteiger charge is 2.37. The lowest BCUT2D eigenvalue weighted by Crippen LogP contribution is -2.49. The molecule has 5 nitrogen and oxygen atoms in total. The molecule has 1 saturated carbocycles. The molecule has 0 N–H and O–H groups in total. The minimum atomic E-state index is -3.63. The van der Waals surface area contributed by atoms with Crippen molar-refractivity contribution in [2.45, 2.75) is 62.5 Å². The molecule has 1 unspecified atom stereocenters. The van der Waals surface area contributed by atoms with Gasteiger partial charge in [-0.3, -0.25) is 4.90 Å². The van der Waals surface area contributed by atoms with Crippen molar-refractivity contribution in [3.8, 4) is 0 Å². The Labute approximate surface area is 157 Å². The highest BCUT2D eigenvalue weighted by atomic mass is 32.2. The van der Waals surface area contributed by atoms with Crippen LogP contribution >= 0.6 is 0 Å². The largest absolute Gasteiger partial charge is 0.461 e. The van der Waals surface area contributed by atoms with E-state index in [1.54, 1.807) is 50.2 Å². The van der Waals surface area contributed by atoms with Crippen LogP contribution in [0.2, 0.25) is 0 Å². The van der Waals surface area contributed by atoms with E-state index >= 15 is 0 Å². The molecule has 1 atom stereocenters. The molecule has 1 fully saturated rings. The Balaban J connectivity index is 2.20. The van der Waals surface area contributed by atoms with E-state index in [-0.39, 0.29) is 11.0 Å². The first-order valence-corrected chi connectivity index (χ1v) is 10.6. The third-order valence-electron chi connectivity index (χ3n) is 5.09. The Morgan fingerprint density at radius 3 is 2.27 bits per heavy atom. The van der Waals surface area contributed by atoms with Gasteiger partial charge in [-0.15, -0.1) is 0 Å². The van der Waals surface area contributed by atoms with Crippen LogP contribution in [-0.2, 0) is 19.4 Å². The van der Waals surface area contributed by atoms with E-state index < -0.39 is 21.3 Å². The molecule has 0 radical (unpaired) electrons. The maximum absolute atomic E-state index is 12.8. The summed E-state index contributed by atoms with van der Waals surface area (Å²) in [6.07, 6.45) is 6.41. The second kappa shape index (κ2) is 8.35. The smallest absolute Gasteiger partial charge is 0.330 e. The molecule has 2 rings (SSSR count). The molecule has 0 amide bonds. The lowest BCUT2D eigenvalue weighted by atomic mass is 9.96. The fourth-order valence-electron chi connectivity index (χ4n) is 2.88. The molecule has 6 heteroatoms. The summed E-state index contributed by atoms with van der Waals surface area (Å²) in [4.78, 5) is 14.7. The SMILES string of the molecule is Cc1ccc(S(=O)(=O)/C=C/C(C)(C(=O)OC2CCCCC2)N(C)C)cc1. The van der Waals surface area contributed by atoms with E-state index in [9.17, 15) is 13.2 Å². The zero-order chi connectivity index (χ0) is 19.4. The maximum atomic E-state index is 12.8. The van der Waals surface area contributed by atoms with Gasteiger partial charge in [0.05, 0.1) is 4.90 Å². The maximum Gasteiger partial charge on any atom is 0.330 e. The van der Waals surface area contributed by atoms with Gasteiger partial charge in [0.1, 0.15) is 11.6 Å². The molecule has 0 aromatic heterocycles. The number of ether oxygens (including phenoxy) is 1. The van der Waals surface area contributed by atoms with Crippen molar-refractivity contribution in [3.63, 3.8) is 0 Å². The topological polar surface area (TPSA) is 63.7 Å². The van der Waals surface area contributed by atoms with Gasteiger partial charge in [-0.25, -0.2) is 13.2 Å². The van der Waals surface area contributed by atoms with E-state index in [2.05, 4.69) is 0 Å². The first-order chi connectivity index (χ1) is 12.1. The average Bonchev–Trinajstić information content (AvgIpc) is 2.60. The number of sulfone groups is 1. The van der Waals surface area contributed by atoms with Gasteiger partial charge >= 0.3 is 5.97 Å². The predicted octanol–water partition coefficient (Wildman–Crippen LogP) is 3.48. The lowest BCUT2D eigenvalue weighted by Gasteiger charge is -2.33. The number of carbonyl (C=O) groups is 1. The molecule has 1 aromatic rings. The highest BCUT2D eigenvalue weighted by molar-refractivity contribution is 7.94. The summed E-state index contributed by atoms with van der Waals surface area (Å²) < 4.78 is 30.8. The second-order valence-corrected chi connectivity index (χ2v) is 9.20. The number of hydrogen-bond acceptors (Lipinski definition) is 5.